The van der Waals surface area contributed by atoms with Gasteiger partial charge in [-0.25, -0.2) is 4.57 Å². The number of allylic oxidation sites excluding steroid dienone is 8. The lowest BCUT2D eigenvalue weighted by Crippen LogP contribution is -2.27. The molecular weight excluding hydrogens is 774 g/mol. The number of aliphatic hydroxyl groups is 1. The van der Waals surface area contributed by atoms with E-state index in [1.165, 1.54) is 135 Å². The van der Waals surface area contributed by atoms with Gasteiger partial charge >= 0.3 is 13.8 Å². The van der Waals surface area contributed by atoms with Gasteiger partial charge in [0.05, 0.1) is 13.2 Å². The second-order valence-electron chi connectivity index (χ2n) is 16.4. The van der Waals surface area contributed by atoms with Crippen LogP contribution < -0.4 is 5.32 Å². The van der Waals surface area contributed by atoms with E-state index in [2.05, 4.69) is 67.8 Å². The molecule has 0 saturated carbocycles. The molecule has 0 aliphatic carbocycles. The van der Waals surface area contributed by atoms with E-state index in [1.54, 1.807) is 0 Å². The number of phosphoric acid groups is 1. The fraction of sp³-hybridized carbons (Fsp3) is 0.800. The molecule has 0 spiro atoms. The summed E-state index contributed by atoms with van der Waals surface area (Å²) in [6.07, 6.45) is 55.0. The maximum atomic E-state index is 12.1. The van der Waals surface area contributed by atoms with Crippen molar-refractivity contribution in [2.24, 2.45) is 0 Å². The van der Waals surface area contributed by atoms with Crippen LogP contribution >= 0.6 is 7.82 Å². The average molecular weight is 866 g/mol. The third-order valence-corrected chi connectivity index (χ3v) is 11.5. The largest absolute Gasteiger partial charge is 0.472 e. The van der Waals surface area contributed by atoms with Crippen molar-refractivity contribution in [3.63, 3.8) is 0 Å². The molecule has 3 N–H and O–H groups in total. The van der Waals surface area contributed by atoms with E-state index in [9.17, 15) is 24.2 Å². The highest BCUT2D eigenvalue weighted by atomic mass is 31.2. The second kappa shape index (κ2) is 46.5. The number of esters is 1. The SMILES string of the molecule is CC/C=C\C/C=C\C/C=C\C/C=C\CCCCC(=O)OCC(O)COP(=O)(O)OCCNC(=O)CCCCCCCCCCCCCCCCCCCCCCCCCC. The lowest BCUT2D eigenvalue weighted by molar-refractivity contribution is -0.147. The van der Waals surface area contributed by atoms with Crippen LogP contribution in [-0.2, 0) is 27.9 Å². The summed E-state index contributed by atoms with van der Waals surface area (Å²) in [6, 6.07) is 0. The average Bonchev–Trinajstić information content (AvgIpc) is 3.23. The summed E-state index contributed by atoms with van der Waals surface area (Å²) in [5, 5.41) is 12.7. The molecule has 9 nitrogen and oxygen atoms in total. The molecule has 0 fully saturated rings. The van der Waals surface area contributed by atoms with E-state index in [0.29, 0.717) is 12.8 Å². The van der Waals surface area contributed by atoms with E-state index < -0.39 is 26.5 Å². The zero-order valence-electron chi connectivity index (χ0n) is 38.7. The van der Waals surface area contributed by atoms with E-state index in [4.69, 9.17) is 13.8 Å². The van der Waals surface area contributed by atoms with Gasteiger partial charge in [-0.3, -0.25) is 18.6 Å². The molecule has 0 radical (unpaired) electrons. The summed E-state index contributed by atoms with van der Waals surface area (Å²) in [5.41, 5.74) is 0. The van der Waals surface area contributed by atoms with E-state index in [-0.39, 0.29) is 32.1 Å². The van der Waals surface area contributed by atoms with Gasteiger partial charge in [-0.15, -0.1) is 0 Å². The third-order valence-electron chi connectivity index (χ3n) is 10.5. The minimum Gasteiger partial charge on any atom is -0.463 e. The van der Waals surface area contributed by atoms with Gasteiger partial charge in [0.2, 0.25) is 5.91 Å². The van der Waals surface area contributed by atoms with E-state index in [1.807, 2.05) is 0 Å². The highest BCUT2D eigenvalue weighted by molar-refractivity contribution is 7.47. The fourth-order valence-electron chi connectivity index (χ4n) is 6.84. The topological polar surface area (TPSA) is 131 Å². The minimum absolute atomic E-state index is 0.0780. The number of unbranched alkanes of at least 4 members (excludes halogenated alkanes) is 25. The first kappa shape index (κ1) is 58.0. The van der Waals surface area contributed by atoms with Gasteiger partial charge in [-0.2, -0.15) is 0 Å². The van der Waals surface area contributed by atoms with Crippen LogP contribution in [0.2, 0.25) is 0 Å². The summed E-state index contributed by atoms with van der Waals surface area (Å²) >= 11 is 0. The molecule has 2 unspecified atom stereocenters. The molecule has 1 amide bonds. The number of carbonyl (C=O) groups is 2. The molecule has 10 heteroatoms. The number of hydrogen-bond acceptors (Lipinski definition) is 7. The third kappa shape index (κ3) is 47.0. The van der Waals surface area contributed by atoms with Crippen molar-refractivity contribution in [3.05, 3.63) is 48.6 Å². The van der Waals surface area contributed by atoms with Crippen molar-refractivity contribution < 1.29 is 37.9 Å². The second-order valence-corrected chi connectivity index (χ2v) is 17.9. The molecular formula is C50H92NO8P. The highest BCUT2D eigenvalue weighted by Crippen LogP contribution is 2.42. The number of rotatable bonds is 46. The Morgan fingerprint density at radius 1 is 0.533 bits per heavy atom. The first-order valence-corrected chi connectivity index (χ1v) is 26.1. The van der Waals surface area contributed by atoms with Crippen LogP contribution in [0.15, 0.2) is 48.6 Å². The van der Waals surface area contributed by atoms with E-state index >= 15 is 0 Å². The Morgan fingerprint density at radius 3 is 1.42 bits per heavy atom. The number of carbonyl (C=O) groups excluding carboxylic acids is 2. The van der Waals surface area contributed by atoms with Crippen molar-refractivity contribution in [3.8, 4) is 0 Å². The molecule has 60 heavy (non-hydrogen) atoms. The van der Waals surface area contributed by atoms with Crippen molar-refractivity contribution >= 4 is 19.7 Å². The predicted octanol–water partition coefficient (Wildman–Crippen LogP) is 14.3. The number of amides is 1. The lowest BCUT2D eigenvalue weighted by Gasteiger charge is -2.15. The van der Waals surface area contributed by atoms with Gasteiger partial charge in [0, 0.05) is 19.4 Å². The standard InChI is InChI=1S/C50H92NO8P/c1-3-5-7-9-11-13-15-17-19-20-21-22-23-24-25-26-27-29-30-32-34-36-38-40-42-49(53)51-44-45-58-60(55,56)59-47-48(52)46-57-50(54)43-41-39-37-35-33-31-28-18-16-14-12-10-8-6-4-2/h6,8,12,14,18,28,33,35,48,52H,3-5,7,9-11,13,15-17,19-27,29-32,34,36-47H2,1-2H3,(H,51,53)(H,55,56)/b8-6-,14-12-,28-18-,35-33-. The Kier molecular flexibility index (Phi) is 44.9. The summed E-state index contributed by atoms with van der Waals surface area (Å²) < 4.78 is 26.9. The summed E-state index contributed by atoms with van der Waals surface area (Å²) in [6.45, 7) is 3.42. The van der Waals surface area contributed by atoms with Crippen LogP contribution in [0.4, 0.5) is 0 Å². The molecule has 2 atom stereocenters. The van der Waals surface area contributed by atoms with Crippen molar-refractivity contribution in [1.82, 2.24) is 5.32 Å². The Hall–Kier alpha value is -2.03. The van der Waals surface area contributed by atoms with Crippen molar-refractivity contribution in [1.29, 1.82) is 0 Å². The zero-order chi connectivity index (χ0) is 43.9. The van der Waals surface area contributed by atoms with Gasteiger partial charge in [-0.1, -0.05) is 210 Å². The molecule has 0 aromatic rings. The first-order valence-electron chi connectivity index (χ1n) is 24.6. The normalized spacial score (nSPS) is 13.6. The summed E-state index contributed by atoms with van der Waals surface area (Å²) in [7, 11) is -4.43. The van der Waals surface area contributed by atoms with Gasteiger partial charge in [0.1, 0.15) is 12.7 Å². The Balaban J connectivity index is 3.55. The molecule has 0 rings (SSSR count). The van der Waals surface area contributed by atoms with E-state index in [0.717, 1.165) is 57.8 Å². The summed E-state index contributed by atoms with van der Waals surface area (Å²) in [5.74, 6) is -0.553. The molecule has 0 bridgehead atoms. The monoisotopic (exact) mass is 866 g/mol. The lowest BCUT2D eigenvalue weighted by atomic mass is 10.0. The molecule has 0 aromatic carbocycles. The van der Waals surface area contributed by atoms with Crippen LogP contribution in [0.3, 0.4) is 0 Å². The summed E-state index contributed by atoms with van der Waals surface area (Å²) in [4.78, 5) is 34.0. The predicted molar refractivity (Wildman–Crippen MR) is 252 cm³/mol. The number of phosphoric ester groups is 1. The fourth-order valence-corrected chi connectivity index (χ4v) is 7.60. The number of hydrogen-bond donors (Lipinski definition) is 3. The maximum Gasteiger partial charge on any atom is 0.472 e. The van der Waals surface area contributed by atoms with Crippen molar-refractivity contribution in [2.45, 2.75) is 232 Å². The van der Waals surface area contributed by atoms with Crippen molar-refractivity contribution in [2.75, 3.05) is 26.4 Å². The van der Waals surface area contributed by atoms with Gasteiger partial charge in [0.15, 0.2) is 0 Å². The Bertz CT molecular complexity index is 1120. The smallest absolute Gasteiger partial charge is 0.463 e. The maximum absolute atomic E-state index is 12.1. The van der Waals surface area contributed by atoms with Crippen LogP contribution in [0.25, 0.3) is 0 Å². The molecule has 0 aliphatic rings. The van der Waals surface area contributed by atoms with Gasteiger partial charge in [0.25, 0.3) is 0 Å². The number of ether oxygens (including phenoxy) is 1. The van der Waals surface area contributed by atoms with Crippen LogP contribution in [0.1, 0.15) is 226 Å². The number of nitrogens with one attached hydrogen (secondary N) is 1. The number of aliphatic hydroxyl groups excluding tert-OH is 1. The Morgan fingerprint density at radius 2 is 0.950 bits per heavy atom. The Labute approximate surface area is 368 Å². The molecule has 0 aliphatic heterocycles. The van der Waals surface area contributed by atoms with Gasteiger partial charge < -0.3 is 20.1 Å². The highest BCUT2D eigenvalue weighted by Gasteiger charge is 2.23. The van der Waals surface area contributed by atoms with Crippen LogP contribution in [0.5, 0.6) is 0 Å². The quantitative estimate of drug-likeness (QED) is 0.0239. The minimum atomic E-state index is -4.43. The first-order chi connectivity index (χ1) is 29.3. The molecule has 0 aromatic heterocycles. The van der Waals surface area contributed by atoms with Crippen LogP contribution in [-0.4, -0.2) is 54.3 Å². The van der Waals surface area contributed by atoms with Crippen LogP contribution in [0, 0.1) is 0 Å². The van der Waals surface area contributed by atoms with Gasteiger partial charge in [-0.05, 0) is 51.4 Å². The molecule has 0 heterocycles. The molecule has 0 saturated heterocycles. The molecule has 350 valence electrons. The zero-order valence-corrected chi connectivity index (χ0v) is 39.5.